The van der Waals surface area contributed by atoms with Gasteiger partial charge in [-0.1, -0.05) is 46.6 Å². The molecule has 0 saturated carbocycles. The Morgan fingerprint density at radius 1 is 1.57 bits per heavy atom. The van der Waals surface area contributed by atoms with E-state index in [-0.39, 0.29) is 0 Å². The van der Waals surface area contributed by atoms with E-state index in [2.05, 4.69) is 35.0 Å². The first-order valence-corrected chi connectivity index (χ1v) is 5.68. The van der Waals surface area contributed by atoms with Crippen LogP contribution in [0.3, 0.4) is 0 Å². The van der Waals surface area contributed by atoms with Crippen LogP contribution < -0.4 is 0 Å². The van der Waals surface area contributed by atoms with Gasteiger partial charge in [0, 0.05) is 5.33 Å². The summed E-state index contributed by atoms with van der Waals surface area (Å²) in [6.07, 6.45) is 3.15. The second kappa shape index (κ2) is 5.62. The minimum atomic E-state index is 0.712. The van der Waals surface area contributed by atoms with Crippen molar-refractivity contribution in [2.24, 2.45) is 0 Å². The van der Waals surface area contributed by atoms with Crippen molar-refractivity contribution in [3.8, 4) is 6.07 Å². The van der Waals surface area contributed by atoms with Gasteiger partial charge in [-0.05, 0) is 24.1 Å². The Hall–Kier alpha value is -1.07. The first-order chi connectivity index (χ1) is 6.80. The molecule has 1 rings (SSSR count). The highest BCUT2D eigenvalue weighted by molar-refractivity contribution is 9.09. The van der Waals surface area contributed by atoms with Crippen molar-refractivity contribution >= 4 is 22.0 Å². The van der Waals surface area contributed by atoms with Gasteiger partial charge in [0.25, 0.3) is 0 Å². The quantitative estimate of drug-likeness (QED) is 0.749. The molecular formula is C12H12BrN. The predicted molar refractivity (Wildman–Crippen MR) is 63.2 cm³/mol. The molecule has 0 heterocycles. The third-order valence-corrected chi connectivity index (χ3v) is 2.73. The van der Waals surface area contributed by atoms with E-state index < -0.39 is 0 Å². The standard InChI is InChI=1S/C12H12BrN/c1-2-10(8-13)6-11-4-3-5-12(7-11)9-14/h3-7H,2,8H2,1H3. The van der Waals surface area contributed by atoms with Crippen LogP contribution in [-0.2, 0) is 0 Å². The molecule has 0 amide bonds. The number of halogens is 1. The maximum Gasteiger partial charge on any atom is 0.0991 e. The molecule has 0 aliphatic carbocycles. The van der Waals surface area contributed by atoms with Gasteiger partial charge in [-0.2, -0.15) is 5.26 Å². The zero-order chi connectivity index (χ0) is 10.4. The lowest BCUT2D eigenvalue weighted by Crippen LogP contribution is -1.83. The molecule has 0 saturated heterocycles. The molecule has 0 spiro atoms. The molecule has 2 heteroatoms. The zero-order valence-corrected chi connectivity index (χ0v) is 9.71. The van der Waals surface area contributed by atoms with Gasteiger partial charge in [0.05, 0.1) is 11.6 Å². The molecule has 0 unspecified atom stereocenters. The van der Waals surface area contributed by atoms with Crippen molar-refractivity contribution in [2.75, 3.05) is 5.33 Å². The van der Waals surface area contributed by atoms with E-state index in [1.807, 2.05) is 24.3 Å². The summed E-state index contributed by atoms with van der Waals surface area (Å²) in [7, 11) is 0. The van der Waals surface area contributed by atoms with Crippen molar-refractivity contribution < 1.29 is 0 Å². The lowest BCUT2D eigenvalue weighted by molar-refractivity contribution is 1.12. The Labute approximate surface area is 93.2 Å². The van der Waals surface area contributed by atoms with Crippen molar-refractivity contribution in [1.29, 1.82) is 5.26 Å². The number of hydrogen-bond acceptors (Lipinski definition) is 1. The molecule has 0 bridgehead atoms. The highest BCUT2D eigenvalue weighted by Gasteiger charge is 1.94. The van der Waals surface area contributed by atoms with Gasteiger partial charge in [-0.25, -0.2) is 0 Å². The number of benzene rings is 1. The van der Waals surface area contributed by atoms with Gasteiger partial charge in [0.2, 0.25) is 0 Å². The lowest BCUT2D eigenvalue weighted by atomic mass is 10.1. The van der Waals surface area contributed by atoms with Crippen LogP contribution in [-0.4, -0.2) is 5.33 Å². The number of allylic oxidation sites excluding steroid dienone is 1. The monoisotopic (exact) mass is 249 g/mol. The van der Waals surface area contributed by atoms with Crippen LogP contribution in [0.15, 0.2) is 29.8 Å². The molecular weight excluding hydrogens is 238 g/mol. The highest BCUT2D eigenvalue weighted by atomic mass is 79.9. The van der Waals surface area contributed by atoms with Gasteiger partial charge in [-0.3, -0.25) is 0 Å². The summed E-state index contributed by atoms with van der Waals surface area (Å²) in [6, 6.07) is 9.78. The van der Waals surface area contributed by atoms with Crippen molar-refractivity contribution in [3.05, 3.63) is 41.0 Å². The zero-order valence-electron chi connectivity index (χ0n) is 8.13. The van der Waals surface area contributed by atoms with Crippen molar-refractivity contribution in [3.63, 3.8) is 0 Å². The van der Waals surface area contributed by atoms with Crippen LogP contribution >= 0.6 is 15.9 Å². The maximum atomic E-state index is 8.73. The minimum absolute atomic E-state index is 0.712. The molecule has 1 aromatic rings. The van der Waals surface area contributed by atoms with E-state index in [9.17, 15) is 0 Å². The smallest absolute Gasteiger partial charge is 0.0991 e. The normalized spacial score (nSPS) is 11.1. The fourth-order valence-corrected chi connectivity index (χ4v) is 1.73. The first kappa shape index (κ1) is 11.0. The fourth-order valence-electron chi connectivity index (χ4n) is 1.17. The van der Waals surface area contributed by atoms with Gasteiger partial charge in [-0.15, -0.1) is 0 Å². The van der Waals surface area contributed by atoms with Crippen LogP contribution in [0.5, 0.6) is 0 Å². The van der Waals surface area contributed by atoms with E-state index in [0.29, 0.717) is 5.56 Å². The molecule has 0 fully saturated rings. The number of nitrogens with zero attached hydrogens (tertiary/aromatic N) is 1. The largest absolute Gasteiger partial charge is 0.192 e. The Morgan fingerprint density at radius 3 is 2.93 bits per heavy atom. The summed E-state index contributed by atoms with van der Waals surface area (Å²) >= 11 is 3.44. The van der Waals surface area contributed by atoms with E-state index in [4.69, 9.17) is 5.26 Å². The van der Waals surface area contributed by atoms with Crippen LogP contribution in [0.4, 0.5) is 0 Å². The van der Waals surface area contributed by atoms with Crippen LogP contribution in [0.1, 0.15) is 24.5 Å². The average Bonchev–Trinajstić information content (AvgIpc) is 2.26. The molecule has 0 radical (unpaired) electrons. The molecule has 0 N–H and O–H groups in total. The lowest BCUT2D eigenvalue weighted by Gasteiger charge is -1.99. The Balaban J connectivity index is 2.97. The molecule has 0 aliphatic rings. The van der Waals surface area contributed by atoms with Gasteiger partial charge in [0.1, 0.15) is 0 Å². The number of nitriles is 1. The summed E-state index contributed by atoms with van der Waals surface area (Å²) in [5.74, 6) is 0. The van der Waals surface area contributed by atoms with Crippen LogP contribution in [0.25, 0.3) is 6.08 Å². The number of rotatable bonds is 3. The Kier molecular flexibility index (Phi) is 4.42. The minimum Gasteiger partial charge on any atom is -0.192 e. The summed E-state index contributed by atoms with van der Waals surface area (Å²) in [6.45, 7) is 2.13. The number of hydrogen-bond donors (Lipinski definition) is 0. The Bertz CT molecular complexity index is 368. The van der Waals surface area contributed by atoms with Crippen LogP contribution in [0.2, 0.25) is 0 Å². The first-order valence-electron chi connectivity index (χ1n) is 4.55. The molecule has 0 aliphatic heterocycles. The average molecular weight is 250 g/mol. The van der Waals surface area contributed by atoms with Crippen molar-refractivity contribution in [1.82, 2.24) is 0 Å². The molecule has 14 heavy (non-hydrogen) atoms. The topological polar surface area (TPSA) is 23.8 Å². The van der Waals surface area contributed by atoms with Gasteiger partial charge in [0.15, 0.2) is 0 Å². The predicted octanol–water partition coefficient (Wildman–Crippen LogP) is 3.75. The van der Waals surface area contributed by atoms with E-state index in [0.717, 1.165) is 17.3 Å². The molecule has 72 valence electrons. The molecule has 1 aromatic carbocycles. The van der Waals surface area contributed by atoms with Gasteiger partial charge < -0.3 is 0 Å². The summed E-state index contributed by atoms with van der Waals surface area (Å²) in [5, 5.41) is 9.62. The van der Waals surface area contributed by atoms with Crippen molar-refractivity contribution in [2.45, 2.75) is 13.3 Å². The molecule has 0 aromatic heterocycles. The summed E-state index contributed by atoms with van der Waals surface area (Å²) < 4.78 is 0. The maximum absolute atomic E-state index is 8.73. The molecule has 0 atom stereocenters. The number of alkyl halides is 1. The third kappa shape index (κ3) is 3.01. The second-order valence-corrected chi connectivity index (χ2v) is 3.59. The van der Waals surface area contributed by atoms with Crippen LogP contribution in [0, 0.1) is 11.3 Å². The second-order valence-electron chi connectivity index (χ2n) is 3.03. The van der Waals surface area contributed by atoms with E-state index in [1.165, 1.54) is 5.57 Å². The summed E-state index contributed by atoms with van der Waals surface area (Å²) in [5.41, 5.74) is 3.14. The van der Waals surface area contributed by atoms with Gasteiger partial charge >= 0.3 is 0 Å². The SMILES string of the molecule is CCC(=Cc1cccc(C#N)c1)CBr. The highest BCUT2D eigenvalue weighted by Crippen LogP contribution is 2.13. The third-order valence-electron chi connectivity index (χ3n) is 2.01. The van der Waals surface area contributed by atoms with E-state index in [1.54, 1.807) is 0 Å². The fraction of sp³-hybridized carbons (Fsp3) is 0.250. The molecule has 1 nitrogen and oxygen atoms in total. The summed E-state index contributed by atoms with van der Waals surface area (Å²) in [4.78, 5) is 0. The Morgan fingerprint density at radius 2 is 2.36 bits per heavy atom. The van der Waals surface area contributed by atoms with E-state index >= 15 is 0 Å².